The Hall–Kier alpha value is -2.57. The van der Waals surface area contributed by atoms with Gasteiger partial charge in [0.2, 0.25) is 5.91 Å². The molecule has 2 aromatic rings. The van der Waals surface area contributed by atoms with Crippen LogP contribution in [0.1, 0.15) is 43.6 Å². The Morgan fingerprint density at radius 1 is 1.32 bits per heavy atom. The van der Waals surface area contributed by atoms with E-state index >= 15 is 0 Å². The third kappa shape index (κ3) is 3.45. The van der Waals surface area contributed by atoms with Gasteiger partial charge in [0.1, 0.15) is 18.1 Å². The number of aromatic amines is 1. The molecule has 0 aromatic carbocycles. The maximum Gasteiger partial charge on any atom is 0.328 e. The first kappa shape index (κ1) is 15.9. The lowest BCUT2D eigenvalue weighted by molar-refractivity contribution is -0.133. The second-order valence-electron chi connectivity index (χ2n) is 7.11. The summed E-state index contributed by atoms with van der Waals surface area (Å²) in [5.74, 6) is 2.82. The molecule has 2 saturated carbocycles. The zero-order chi connectivity index (χ0) is 17.6. The molecule has 2 unspecified atom stereocenters. The van der Waals surface area contributed by atoms with Crippen LogP contribution < -0.4 is 11.2 Å². The lowest BCUT2D eigenvalue weighted by atomic mass is 10.3. The Balaban J connectivity index is 1.47. The van der Waals surface area contributed by atoms with Crippen molar-refractivity contribution in [1.82, 2.24) is 14.5 Å². The van der Waals surface area contributed by atoms with Gasteiger partial charge >= 0.3 is 5.69 Å². The summed E-state index contributed by atoms with van der Waals surface area (Å²) in [4.78, 5) is 39.5. The number of H-pyrrole nitrogens is 1. The first-order valence-electron chi connectivity index (χ1n) is 8.69. The monoisotopic (exact) mass is 343 g/mol. The highest BCUT2D eigenvalue weighted by Gasteiger charge is 2.37. The van der Waals surface area contributed by atoms with E-state index in [-0.39, 0.29) is 18.5 Å². The molecular weight excluding hydrogens is 322 g/mol. The molecular formula is C18H21N3O4. The number of rotatable bonds is 6. The molecule has 7 nitrogen and oxygen atoms in total. The molecule has 0 aliphatic heterocycles. The van der Waals surface area contributed by atoms with Crippen LogP contribution in [0.15, 0.2) is 38.4 Å². The maximum absolute atomic E-state index is 12.7. The molecule has 1 amide bonds. The third-order valence-corrected chi connectivity index (χ3v) is 4.99. The van der Waals surface area contributed by atoms with Crippen molar-refractivity contribution in [3.63, 3.8) is 0 Å². The first-order chi connectivity index (χ1) is 12.0. The standard InChI is InChI=1S/C18H21N3O4/c1-11-8-14(11)15-5-4-13(25-15)9-21(12-2-3-12)17(23)10-20-7-6-16(22)19-18(20)24/h4-7,11-12,14H,2-3,8-10H2,1H3,(H,19,22,24). The molecule has 0 saturated heterocycles. The minimum atomic E-state index is -0.570. The number of carbonyl (C=O) groups is 1. The molecule has 0 bridgehead atoms. The van der Waals surface area contributed by atoms with Crippen molar-refractivity contribution in [2.75, 3.05) is 0 Å². The molecule has 2 heterocycles. The average molecular weight is 343 g/mol. The Kier molecular flexibility index (Phi) is 3.86. The van der Waals surface area contributed by atoms with Crippen LogP contribution >= 0.6 is 0 Å². The zero-order valence-corrected chi connectivity index (χ0v) is 14.1. The summed E-state index contributed by atoms with van der Waals surface area (Å²) >= 11 is 0. The van der Waals surface area contributed by atoms with E-state index in [1.54, 1.807) is 4.90 Å². The first-order valence-corrected chi connectivity index (χ1v) is 8.69. The number of hydrogen-bond acceptors (Lipinski definition) is 4. The van der Waals surface area contributed by atoms with Gasteiger partial charge in [-0.05, 0) is 37.3 Å². The van der Waals surface area contributed by atoms with Gasteiger partial charge in [-0.2, -0.15) is 0 Å². The third-order valence-electron chi connectivity index (χ3n) is 4.99. The molecule has 0 spiro atoms. The van der Waals surface area contributed by atoms with Gasteiger partial charge in [-0.25, -0.2) is 4.79 Å². The fraction of sp³-hybridized carbons (Fsp3) is 0.500. The predicted molar refractivity (Wildman–Crippen MR) is 90.1 cm³/mol. The lowest BCUT2D eigenvalue weighted by Gasteiger charge is -2.21. The predicted octanol–water partition coefficient (Wildman–Crippen LogP) is 1.44. The molecule has 4 rings (SSSR count). The number of nitrogens with zero attached hydrogens (tertiary/aromatic N) is 2. The number of amides is 1. The SMILES string of the molecule is CC1CC1c1ccc(CN(C(=O)Cn2ccc(=O)[nH]c2=O)C2CC2)o1. The van der Waals surface area contributed by atoms with Gasteiger partial charge in [0.25, 0.3) is 5.56 Å². The van der Waals surface area contributed by atoms with Crippen molar-refractivity contribution in [1.29, 1.82) is 0 Å². The summed E-state index contributed by atoms with van der Waals surface area (Å²) in [5.41, 5.74) is -1.04. The molecule has 2 atom stereocenters. The van der Waals surface area contributed by atoms with Gasteiger partial charge in [-0.3, -0.25) is 19.1 Å². The molecule has 25 heavy (non-hydrogen) atoms. The van der Waals surface area contributed by atoms with E-state index in [1.165, 1.54) is 16.8 Å². The van der Waals surface area contributed by atoms with Crippen molar-refractivity contribution in [2.24, 2.45) is 5.92 Å². The lowest BCUT2D eigenvalue weighted by Crippen LogP contribution is -2.39. The number of carbonyl (C=O) groups excluding carboxylic acids is 1. The zero-order valence-electron chi connectivity index (χ0n) is 14.1. The number of hydrogen-bond donors (Lipinski definition) is 1. The minimum absolute atomic E-state index is 0.0840. The van der Waals surface area contributed by atoms with Gasteiger partial charge in [0.05, 0.1) is 6.54 Å². The smallest absolute Gasteiger partial charge is 0.328 e. The number of furan rings is 1. The van der Waals surface area contributed by atoms with Crippen molar-refractivity contribution in [3.8, 4) is 0 Å². The van der Waals surface area contributed by atoms with E-state index in [9.17, 15) is 14.4 Å². The van der Waals surface area contributed by atoms with Crippen LogP contribution in [0.3, 0.4) is 0 Å². The van der Waals surface area contributed by atoms with Crippen molar-refractivity contribution >= 4 is 5.91 Å². The highest BCUT2D eigenvalue weighted by atomic mass is 16.3. The molecule has 2 aliphatic rings. The van der Waals surface area contributed by atoms with Crippen LogP contribution in [0.5, 0.6) is 0 Å². The second kappa shape index (κ2) is 6.06. The summed E-state index contributed by atoms with van der Waals surface area (Å²) in [6.45, 7) is 2.54. The average Bonchev–Trinajstić information content (AvgIpc) is 3.48. The van der Waals surface area contributed by atoms with E-state index < -0.39 is 11.2 Å². The molecule has 2 aromatic heterocycles. The van der Waals surface area contributed by atoms with Crippen LogP contribution in [0.25, 0.3) is 0 Å². The van der Waals surface area contributed by atoms with E-state index in [1.807, 2.05) is 12.1 Å². The van der Waals surface area contributed by atoms with Crippen molar-refractivity contribution in [2.45, 2.75) is 51.2 Å². The Morgan fingerprint density at radius 2 is 2.08 bits per heavy atom. The molecule has 2 aliphatic carbocycles. The van der Waals surface area contributed by atoms with Gasteiger partial charge in [-0.1, -0.05) is 6.92 Å². The Labute approximate surface area is 144 Å². The summed E-state index contributed by atoms with van der Waals surface area (Å²) in [7, 11) is 0. The molecule has 7 heteroatoms. The fourth-order valence-corrected chi connectivity index (χ4v) is 3.18. The van der Waals surface area contributed by atoms with Crippen LogP contribution in [0.2, 0.25) is 0 Å². The molecule has 2 fully saturated rings. The Morgan fingerprint density at radius 3 is 2.72 bits per heavy atom. The summed E-state index contributed by atoms with van der Waals surface area (Å²) in [6.07, 6.45) is 4.45. The van der Waals surface area contributed by atoms with Crippen LogP contribution in [-0.4, -0.2) is 26.4 Å². The molecule has 132 valence electrons. The maximum atomic E-state index is 12.7. The molecule has 0 radical (unpaired) electrons. The van der Waals surface area contributed by atoms with E-state index in [0.717, 1.165) is 30.8 Å². The number of nitrogens with one attached hydrogen (secondary N) is 1. The van der Waals surface area contributed by atoms with Gasteiger partial charge in [0.15, 0.2) is 0 Å². The van der Waals surface area contributed by atoms with E-state index in [4.69, 9.17) is 4.42 Å². The van der Waals surface area contributed by atoms with E-state index in [0.29, 0.717) is 18.4 Å². The van der Waals surface area contributed by atoms with E-state index in [2.05, 4.69) is 11.9 Å². The largest absolute Gasteiger partial charge is 0.464 e. The van der Waals surface area contributed by atoms with Crippen LogP contribution in [-0.2, 0) is 17.9 Å². The van der Waals surface area contributed by atoms with Gasteiger partial charge < -0.3 is 9.32 Å². The number of aromatic nitrogens is 2. The highest BCUT2D eigenvalue weighted by Crippen LogP contribution is 2.47. The molecule has 1 N–H and O–H groups in total. The summed E-state index contributed by atoms with van der Waals surface area (Å²) < 4.78 is 7.14. The fourth-order valence-electron chi connectivity index (χ4n) is 3.18. The summed E-state index contributed by atoms with van der Waals surface area (Å²) in [6, 6.07) is 5.39. The Bertz CT molecular complexity index is 905. The topological polar surface area (TPSA) is 88.3 Å². The van der Waals surface area contributed by atoms with Gasteiger partial charge in [-0.15, -0.1) is 0 Å². The highest BCUT2D eigenvalue weighted by molar-refractivity contribution is 5.76. The quantitative estimate of drug-likeness (QED) is 0.860. The van der Waals surface area contributed by atoms with Crippen molar-refractivity contribution < 1.29 is 9.21 Å². The van der Waals surface area contributed by atoms with Crippen LogP contribution in [0, 0.1) is 5.92 Å². The second-order valence-corrected chi connectivity index (χ2v) is 7.11. The normalized spacial score (nSPS) is 22.0. The van der Waals surface area contributed by atoms with Crippen molar-refractivity contribution in [3.05, 3.63) is 56.8 Å². The minimum Gasteiger partial charge on any atom is -0.464 e. The summed E-state index contributed by atoms with van der Waals surface area (Å²) in [5, 5.41) is 0. The van der Waals surface area contributed by atoms with Crippen LogP contribution in [0.4, 0.5) is 0 Å². The van der Waals surface area contributed by atoms with Gasteiger partial charge in [0, 0.05) is 24.2 Å².